The van der Waals surface area contributed by atoms with Crippen LogP contribution in [0.15, 0.2) is 72.8 Å². The molecule has 0 aromatic heterocycles. The van der Waals surface area contributed by atoms with Crippen LogP contribution >= 0.6 is 11.8 Å². The van der Waals surface area contributed by atoms with Crippen molar-refractivity contribution in [2.75, 3.05) is 32.2 Å². The third-order valence-electron chi connectivity index (χ3n) is 6.56. The zero-order valence-corrected chi connectivity index (χ0v) is 23.3. The molecule has 1 fully saturated rings. The van der Waals surface area contributed by atoms with Gasteiger partial charge in [0.1, 0.15) is 11.8 Å². The smallest absolute Gasteiger partial charge is 0.326 e. The van der Waals surface area contributed by atoms with E-state index in [-0.39, 0.29) is 5.91 Å². The van der Waals surface area contributed by atoms with Gasteiger partial charge in [-0.15, -0.1) is 0 Å². The number of likely N-dealkylation sites (tertiary alicyclic amines) is 1. The van der Waals surface area contributed by atoms with Gasteiger partial charge in [-0.25, -0.2) is 4.79 Å². The summed E-state index contributed by atoms with van der Waals surface area (Å²) in [5.74, 6) is 0.249. The SMILES string of the molecule is COc1ccccc1.CSCCC(NC(=O)c1ccc(CN2CCCC2)cc1-c1ccccc1C)C(=O)O. The number of benzene rings is 3. The largest absolute Gasteiger partial charge is 0.497 e. The summed E-state index contributed by atoms with van der Waals surface area (Å²) in [5.41, 5.74) is 4.63. The molecular weight excluding hydrogens is 496 g/mol. The third kappa shape index (κ3) is 8.64. The second-order valence-electron chi connectivity index (χ2n) is 9.34. The number of hydrogen-bond donors (Lipinski definition) is 2. The molecule has 7 heteroatoms. The molecule has 0 bridgehead atoms. The number of para-hydroxylation sites is 1. The van der Waals surface area contributed by atoms with E-state index in [4.69, 9.17) is 4.74 Å². The predicted molar refractivity (Wildman–Crippen MR) is 156 cm³/mol. The second-order valence-corrected chi connectivity index (χ2v) is 10.3. The van der Waals surface area contributed by atoms with E-state index in [9.17, 15) is 14.7 Å². The van der Waals surface area contributed by atoms with E-state index in [1.807, 2.05) is 79.9 Å². The number of nitrogens with zero attached hydrogens (tertiary/aromatic N) is 1. The Kier molecular flexibility index (Phi) is 11.7. The van der Waals surface area contributed by atoms with Crippen molar-refractivity contribution in [1.29, 1.82) is 0 Å². The van der Waals surface area contributed by atoms with Crippen LogP contribution in [0.25, 0.3) is 11.1 Å². The molecule has 1 heterocycles. The number of rotatable bonds is 10. The monoisotopic (exact) mass is 534 g/mol. The second kappa shape index (κ2) is 15.2. The highest BCUT2D eigenvalue weighted by molar-refractivity contribution is 7.98. The van der Waals surface area contributed by atoms with Gasteiger partial charge in [0.15, 0.2) is 0 Å². The van der Waals surface area contributed by atoms with Crippen molar-refractivity contribution in [3.63, 3.8) is 0 Å². The molecule has 3 aromatic rings. The Hall–Kier alpha value is -3.29. The number of carboxylic acid groups (broad SMARTS) is 1. The Morgan fingerprint density at radius 1 is 1.00 bits per heavy atom. The summed E-state index contributed by atoms with van der Waals surface area (Å²) in [4.78, 5) is 27.1. The van der Waals surface area contributed by atoms with Crippen LogP contribution in [0.1, 0.15) is 40.7 Å². The molecule has 202 valence electrons. The van der Waals surface area contributed by atoms with Crippen molar-refractivity contribution in [1.82, 2.24) is 10.2 Å². The summed E-state index contributed by atoms with van der Waals surface area (Å²) in [6, 6.07) is 22.7. The van der Waals surface area contributed by atoms with E-state index in [1.165, 1.54) is 18.4 Å². The molecule has 3 aromatic carbocycles. The molecule has 0 radical (unpaired) electrons. The number of nitrogens with one attached hydrogen (secondary N) is 1. The molecular formula is C31H38N2O4S. The molecule has 2 N–H and O–H groups in total. The van der Waals surface area contributed by atoms with E-state index in [0.29, 0.717) is 17.7 Å². The first-order valence-electron chi connectivity index (χ1n) is 13.0. The molecule has 4 rings (SSSR count). The van der Waals surface area contributed by atoms with Crippen LogP contribution in [0.2, 0.25) is 0 Å². The number of methoxy groups -OCH3 is 1. The zero-order chi connectivity index (χ0) is 27.3. The number of aryl methyl sites for hydroxylation is 1. The molecule has 0 saturated carbocycles. The number of hydrogen-bond acceptors (Lipinski definition) is 5. The van der Waals surface area contributed by atoms with Crippen LogP contribution in [0.3, 0.4) is 0 Å². The van der Waals surface area contributed by atoms with Gasteiger partial charge >= 0.3 is 5.97 Å². The normalized spacial score (nSPS) is 13.8. The molecule has 1 amide bonds. The minimum atomic E-state index is -1.000. The van der Waals surface area contributed by atoms with Crippen LogP contribution in [0.5, 0.6) is 5.75 Å². The Labute approximate surface area is 230 Å². The van der Waals surface area contributed by atoms with E-state index < -0.39 is 12.0 Å². The third-order valence-corrected chi connectivity index (χ3v) is 7.21. The lowest BCUT2D eigenvalue weighted by Gasteiger charge is -2.19. The number of aliphatic carboxylic acids is 1. The maximum absolute atomic E-state index is 13.1. The number of carbonyl (C=O) groups excluding carboxylic acids is 1. The average molecular weight is 535 g/mol. The lowest BCUT2D eigenvalue weighted by molar-refractivity contribution is -0.139. The van der Waals surface area contributed by atoms with Crippen LogP contribution in [-0.4, -0.2) is 60.1 Å². The molecule has 0 aliphatic carbocycles. The maximum atomic E-state index is 13.1. The first kappa shape index (κ1) is 29.3. The number of ether oxygens (including phenoxy) is 1. The van der Waals surface area contributed by atoms with Crippen LogP contribution in [0.4, 0.5) is 0 Å². The van der Waals surface area contributed by atoms with Gasteiger partial charge in [0, 0.05) is 12.1 Å². The van der Waals surface area contributed by atoms with Gasteiger partial charge < -0.3 is 15.2 Å². The fourth-order valence-electron chi connectivity index (χ4n) is 4.47. The Bertz CT molecular complexity index is 1180. The molecule has 0 spiro atoms. The number of thioether (sulfide) groups is 1. The van der Waals surface area contributed by atoms with Gasteiger partial charge in [-0.1, -0.05) is 48.5 Å². The van der Waals surface area contributed by atoms with Gasteiger partial charge in [-0.3, -0.25) is 9.69 Å². The first-order valence-corrected chi connectivity index (χ1v) is 14.3. The average Bonchev–Trinajstić information content (AvgIpc) is 3.45. The van der Waals surface area contributed by atoms with E-state index in [2.05, 4.69) is 16.3 Å². The van der Waals surface area contributed by atoms with Crippen molar-refractivity contribution in [3.8, 4) is 16.9 Å². The Morgan fingerprint density at radius 3 is 2.29 bits per heavy atom. The lowest BCUT2D eigenvalue weighted by Crippen LogP contribution is -2.41. The van der Waals surface area contributed by atoms with Gasteiger partial charge in [0.2, 0.25) is 0 Å². The maximum Gasteiger partial charge on any atom is 0.326 e. The summed E-state index contributed by atoms with van der Waals surface area (Å²) in [6.45, 7) is 5.12. The van der Waals surface area contributed by atoms with Crippen LogP contribution < -0.4 is 10.1 Å². The van der Waals surface area contributed by atoms with Crippen molar-refractivity contribution in [2.24, 2.45) is 0 Å². The summed E-state index contributed by atoms with van der Waals surface area (Å²) in [6.07, 6.45) is 4.79. The zero-order valence-electron chi connectivity index (χ0n) is 22.5. The Balaban J connectivity index is 0.000000427. The van der Waals surface area contributed by atoms with E-state index in [0.717, 1.165) is 42.1 Å². The van der Waals surface area contributed by atoms with Crippen molar-refractivity contribution >= 4 is 23.6 Å². The number of carboxylic acids is 1. The van der Waals surface area contributed by atoms with Gasteiger partial charge in [-0.05, 0) is 97.8 Å². The van der Waals surface area contributed by atoms with Gasteiger partial charge in [0.05, 0.1) is 7.11 Å². The number of carbonyl (C=O) groups is 2. The molecule has 38 heavy (non-hydrogen) atoms. The predicted octanol–water partition coefficient (Wildman–Crippen LogP) is 5.89. The van der Waals surface area contributed by atoms with E-state index >= 15 is 0 Å². The van der Waals surface area contributed by atoms with Crippen molar-refractivity contribution in [2.45, 2.75) is 38.8 Å². The molecule has 1 saturated heterocycles. The highest BCUT2D eigenvalue weighted by Gasteiger charge is 2.23. The summed E-state index contributed by atoms with van der Waals surface area (Å²) in [5, 5.41) is 12.2. The molecule has 6 nitrogen and oxygen atoms in total. The van der Waals surface area contributed by atoms with Gasteiger partial charge in [-0.2, -0.15) is 11.8 Å². The van der Waals surface area contributed by atoms with E-state index in [1.54, 1.807) is 18.9 Å². The topological polar surface area (TPSA) is 78.9 Å². The summed E-state index contributed by atoms with van der Waals surface area (Å²) >= 11 is 1.57. The first-order chi connectivity index (χ1) is 18.4. The molecule has 1 unspecified atom stereocenters. The lowest BCUT2D eigenvalue weighted by atomic mass is 9.93. The molecule has 1 aliphatic heterocycles. The highest BCUT2D eigenvalue weighted by atomic mass is 32.2. The number of amides is 1. The van der Waals surface area contributed by atoms with Gasteiger partial charge in [0.25, 0.3) is 5.91 Å². The van der Waals surface area contributed by atoms with Crippen LogP contribution in [0, 0.1) is 6.92 Å². The highest BCUT2D eigenvalue weighted by Crippen LogP contribution is 2.29. The Morgan fingerprint density at radius 2 is 1.68 bits per heavy atom. The van der Waals surface area contributed by atoms with Crippen LogP contribution in [-0.2, 0) is 11.3 Å². The van der Waals surface area contributed by atoms with Crippen molar-refractivity contribution < 1.29 is 19.4 Å². The standard InChI is InChI=1S/C24H30N2O3S.C7H8O/c1-17-7-3-4-8-19(17)21-15-18(16-26-12-5-6-13-26)9-10-20(21)23(27)25-22(24(28)29)11-14-30-2;1-8-7-5-3-2-4-6-7/h3-4,7-10,15,22H,5-6,11-14,16H2,1-2H3,(H,25,27)(H,28,29);2-6H,1H3. The molecule has 1 atom stereocenters. The molecule has 1 aliphatic rings. The minimum Gasteiger partial charge on any atom is -0.497 e. The van der Waals surface area contributed by atoms with Crippen molar-refractivity contribution in [3.05, 3.63) is 89.5 Å². The fraction of sp³-hybridized carbons (Fsp3) is 0.355. The minimum absolute atomic E-state index is 0.338. The summed E-state index contributed by atoms with van der Waals surface area (Å²) < 4.78 is 4.91. The summed E-state index contributed by atoms with van der Waals surface area (Å²) in [7, 11) is 1.66. The fourth-order valence-corrected chi connectivity index (χ4v) is 4.94. The quantitative estimate of drug-likeness (QED) is 0.338.